The van der Waals surface area contributed by atoms with Crippen LogP contribution in [-0.2, 0) is 11.2 Å². The maximum atomic E-state index is 5.88. The van der Waals surface area contributed by atoms with Crippen molar-refractivity contribution in [3.05, 3.63) is 30.1 Å². The molecule has 18 heavy (non-hydrogen) atoms. The molecule has 2 heteroatoms. The maximum absolute atomic E-state index is 5.88. The first-order valence-electron chi connectivity index (χ1n) is 7.09. The molecule has 1 aliphatic rings. The van der Waals surface area contributed by atoms with Crippen molar-refractivity contribution in [2.24, 2.45) is 11.8 Å². The second-order valence-electron chi connectivity index (χ2n) is 6.01. The van der Waals surface area contributed by atoms with Crippen LogP contribution >= 0.6 is 0 Å². The summed E-state index contributed by atoms with van der Waals surface area (Å²) in [5, 5.41) is 0. The lowest BCUT2D eigenvalue weighted by Crippen LogP contribution is -2.39. The summed E-state index contributed by atoms with van der Waals surface area (Å²) < 4.78 is 5.88. The molecule has 100 valence electrons. The van der Waals surface area contributed by atoms with Crippen LogP contribution in [0.5, 0.6) is 0 Å². The Hall–Kier alpha value is -0.890. The van der Waals surface area contributed by atoms with E-state index in [4.69, 9.17) is 4.74 Å². The van der Waals surface area contributed by atoms with E-state index in [0.717, 1.165) is 18.3 Å². The number of pyridine rings is 1. The van der Waals surface area contributed by atoms with E-state index >= 15 is 0 Å². The third kappa shape index (κ3) is 3.11. The summed E-state index contributed by atoms with van der Waals surface area (Å²) in [5.74, 6) is 1.68. The average Bonchev–Trinajstić information content (AvgIpc) is 2.40. The number of hydrogen-bond donors (Lipinski definition) is 0. The molecule has 1 fully saturated rings. The molecule has 0 spiro atoms. The Bertz CT molecular complexity index is 353. The Balaban J connectivity index is 2.00. The van der Waals surface area contributed by atoms with Crippen LogP contribution in [0.3, 0.4) is 0 Å². The van der Waals surface area contributed by atoms with Gasteiger partial charge in [-0.3, -0.25) is 4.98 Å². The Labute approximate surface area is 111 Å². The van der Waals surface area contributed by atoms with Gasteiger partial charge in [-0.1, -0.05) is 19.9 Å². The summed E-state index contributed by atoms with van der Waals surface area (Å²) in [6, 6.07) is 4.17. The van der Waals surface area contributed by atoms with E-state index < -0.39 is 0 Å². The summed E-state index contributed by atoms with van der Waals surface area (Å²) in [5.41, 5.74) is 1.34. The molecule has 0 saturated heterocycles. The summed E-state index contributed by atoms with van der Waals surface area (Å²) in [6.07, 6.45) is 9.76. The third-order valence-electron chi connectivity index (χ3n) is 4.57. The van der Waals surface area contributed by atoms with E-state index in [0.29, 0.717) is 0 Å². The van der Waals surface area contributed by atoms with Crippen molar-refractivity contribution in [3.8, 4) is 0 Å². The van der Waals surface area contributed by atoms with E-state index in [1.54, 1.807) is 0 Å². The van der Waals surface area contributed by atoms with Crippen LogP contribution < -0.4 is 0 Å². The summed E-state index contributed by atoms with van der Waals surface area (Å²) >= 11 is 0. The van der Waals surface area contributed by atoms with Gasteiger partial charge in [0.05, 0.1) is 5.60 Å². The number of ether oxygens (including phenoxy) is 1. The topological polar surface area (TPSA) is 22.1 Å². The van der Waals surface area contributed by atoms with Gasteiger partial charge in [-0.15, -0.1) is 0 Å². The minimum absolute atomic E-state index is 0.0500. The van der Waals surface area contributed by atoms with Crippen molar-refractivity contribution in [1.82, 2.24) is 4.98 Å². The molecule has 0 unspecified atom stereocenters. The number of nitrogens with zero attached hydrogens (tertiary/aromatic N) is 1. The highest BCUT2D eigenvalue weighted by molar-refractivity contribution is 5.12. The first-order valence-corrected chi connectivity index (χ1v) is 7.09. The molecular weight excluding hydrogens is 222 g/mol. The fraction of sp³-hybridized carbons (Fsp3) is 0.688. The second kappa shape index (κ2) is 5.83. The molecule has 0 radical (unpaired) electrons. The Morgan fingerprint density at radius 1 is 1.39 bits per heavy atom. The number of rotatable bonds is 4. The lowest BCUT2D eigenvalue weighted by atomic mass is 9.72. The van der Waals surface area contributed by atoms with Crippen molar-refractivity contribution < 1.29 is 4.74 Å². The molecule has 0 N–H and O–H groups in total. The van der Waals surface area contributed by atoms with Gasteiger partial charge in [-0.25, -0.2) is 0 Å². The minimum Gasteiger partial charge on any atom is -0.378 e. The standard InChI is InChI=1S/C16H25NO/c1-13(2)15-6-8-16(18-3,9-7-15)11-14-5-4-10-17-12-14/h4-5,10,12-13,15H,6-9,11H2,1-3H3. The van der Waals surface area contributed by atoms with Gasteiger partial charge in [0.1, 0.15) is 0 Å². The molecule has 0 atom stereocenters. The molecular formula is C16H25NO. The normalized spacial score (nSPS) is 28.6. The van der Waals surface area contributed by atoms with E-state index in [1.165, 1.54) is 31.2 Å². The molecule has 1 saturated carbocycles. The molecule has 1 aliphatic carbocycles. The molecule has 0 bridgehead atoms. The highest BCUT2D eigenvalue weighted by Gasteiger charge is 2.36. The van der Waals surface area contributed by atoms with Gasteiger partial charge in [-0.05, 0) is 49.1 Å². The molecule has 2 rings (SSSR count). The van der Waals surface area contributed by atoms with Crippen molar-refractivity contribution in [2.45, 2.75) is 51.6 Å². The van der Waals surface area contributed by atoms with Crippen LogP contribution in [0.1, 0.15) is 45.1 Å². The monoisotopic (exact) mass is 247 g/mol. The van der Waals surface area contributed by atoms with Gasteiger partial charge in [-0.2, -0.15) is 0 Å². The Kier molecular flexibility index (Phi) is 4.39. The van der Waals surface area contributed by atoms with E-state index in [-0.39, 0.29) is 5.60 Å². The fourth-order valence-electron chi connectivity index (χ4n) is 3.16. The molecule has 0 aliphatic heterocycles. The van der Waals surface area contributed by atoms with E-state index in [9.17, 15) is 0 Å². The van der Waals surface area contributed by atoms with Crippen LogP contribution in [0.2, 0.25) is 0 Å². The number of hydrogen-bond acceptors (Lipinski definition) is 2. The first-order chi connectivity index (χ1) is 8.65. The van der Waals surface area contributed by atoms with Gasteiger partial charge in [0.2, 0.25) is 0 Å². The largest absolute Gasteiger partial charge is 0.378 e. The molecule has 1 aromatic heterocycles. The maximum Gasteiger partial charge on any atom is 0.0719 e. The Morgan fingerprint density at radius 3 is 2.61 bits per heavy atom. The summed E-state index contributed by atoms with van der Waals surface area (Å²) in [4.78, 5) is 4.20. The summed E-state index contributed by atoms with van der Waals surface area (Å²) in [6.45, 7) is 4.68. The van der Waals surface area contributed by atoms with Crippen molar-refractivity contribution in [2.75, 3.05) is 7.11 Å². The molecule has 0 amide bonds. The highest BCUT2D eigenvalue weighted by Crippen LogP contribution is 2.39. The second-order valence-corrected chi connectivity index (χ2v) is 6.01. The molecule has 2 nitrogen and oxygen atoms in total. The van der Waals surface area contributed by atoms with Crippen molar-refractivity contribution in [3.63, 3.8) is 0 Å². The predicted octanol–water partition coefficient (Wildman–Crippen LogP) is 3.86. The zero-order chi connectivity index (χ0) is 13.0. The van der Waals surface area contributed by atoms with Gasteiger partial charge in [0.25, 0.3) is 0 Å². The zero-order valence-corrected chi connectivity index (χ0v) is 11.9. The SMILES string of the molecule is COC1(Cc2cccnc2)CCC(C(C)C)CC1. The summed E-state index contributed by atoms with van der Waals surface area (Å²) in [7, 11) is 1.87. The van der Waals surface area contributed by atoms with Crippen LogP contribution in [-0.4, -0.2) is 17.7 Å². The fourth-order valence-corrected chi connectivity index (χ4v) is 3.16. The smallest absolute Gasteiger partial charge is 0.0719 e. The number of aromatic nitrogens is 1. The van der Waals surface area contributed by atoms with Gasteiger partial charge < -0.3 is 4.74 Å². The lowest BCUT2D eigenvalue weighted by Gasteiger charge is -2.40. The van der Waals surface area contributed by atoms with Crippen molar-refractivity contribution >= 4 is 0 Å². The van der Waals surface area contributed by atoms with Crippen LogP contribution in [0.15, 0.2) is 24.5 Å². The Morgan fingerprint density at radius 2 is 2.11 bits per heavy atom. The quantitative estimate of drug-likeness (QED) is 0.806. The van der Waals surface area contributed by atoms with Crippen LogP contribution in [0.4, 0.5) is 0 Å². The number of methoxy groups -OCH3 is 1. The van der Waals surface area contributed by atoms with Gasteiger partial charge >= 0.3 is 0 Å². The van der Waals surface area contributed by atoms with Crippen LogP contribution in [0.25, 0.3) is 0 Å². The molecule has 1 aromatic rings. The van der Waals surface area contributed by atoms with E-state index in [2.05, 4.69) is 24.9 Å². The minimum atomic E-state index is 0.0500. The molecule has 0 aromatic carbocycles. The predicted molar refractivity (Wildman–Crippen MR) is 74.5 cm³/mol. The van der Waals surface area contributed by atoms with Gasteiger partial charge in [0.15, 0.2) is 0 Å². The molecule has 1 heterocycles. The van der Waals surface area contributed by atoms with Crippen molar-refractivity contribution in [1.29, 1.82) is 0 Å². The third-order valence-corrected chi connectivity index (χ3v) is 4.57. The van der Waals surface area contributed by atoms with E-state index in [1.807, 2.05) is 25.6 Å². The lowest BCUT2D eigenvalue weighted by molar-refractivity contribution is -0.0526. The zero-order valence-electron chi connectivity index (χ0n) is 11.9. The van der Waals surface area contributed by atoms with Crippen LogP contribution in [0, 0.1) is 11.8 Å². The average molecular weight is 247 g/mol. The van der Waals surface area contributed by atoms with Gasteiger partial charge in [0, 0.05) is 25.9 Å². The highest BCUT2D eigenvalue weighted by atomic mass is 16.5. The first kappa shape index (κ1) is 13.5.